The lowest BCUT2D eigenvalue weighted by Crippen LogP contribution is -2.36. The van der Waals surface area contributed by atoms with Gasteiger partial charge in [0, 0.05) is 38.3 Å². The van der Waals surface area contributed by atoms with Gasteiger partial charge in [0.1, 0.15) is 0 Å². The Hall–Kier alpha value is -1.35. The van der Waals surface area contributed by atoms with Crippen molar-refractivity contribution in [3.63, 3.8) is 0 Å². The number of hydrogen-bond donors (Lipinski definition) is 0. The van der Waals surface area contributed by atoms with Crippen LogP contribution < -0.4 is 4.90 Å². The van der Waals surface area contributed by atoms with Crippen LogP contribution in [-0.4, -0.2) is 37.0 Å². The summed E-state index contributed by atoms with van der Waals surface area (Å²) in [4.78, 5) is 17.0. The van der Waals surface area contributed by atoms with E-state index in [0.29, 0.717) is 18.3 Å². The molecule has 3 nitrogen and oxygen atoms in total. The molecule has 0 radical (unpaired) electrons. The zero-order valence-corrected chi connectivity index (χ0v) is 14.5. The molecule has 0 atom stereocenters. The first kappa shape index (κ1) is 17.0. The molecule has 1 amide bonds. The third kappa shape index (κ3) is 4.57. The number of anilines is 1. The summed E-state index contributed by atoms with van der Waals surface area (Å²) >= 11 is 0. The summed E-state index contributed by atoms with van der Waals surface area (Å²) in [6.45, 7) is 12.8. The zero-order valence-electron chi connectivity index (χ0n) is 14.5. The molecule has 1 aliphatic rings. The van der Waals surface area contributed by atoms with Crippen LogP contribution in [0.3, 0.4) is 0 Å². The highest BCUT2D eigenvalue weighted by molar-refractivity contribution is 5.95. The molecule has 1 aliphatic heterocycles. The summed E-state index contributed by atoms with van der Waals surface area (Å²) in [6, 6.07) is 8.28. The number of carbonyl (C=O) groups is 1. The molecule has 0 aliphatic carbocycles. The van der Waals surface area contributed by atoms with Gasteiger partial charge >= 0.3 is 0 Å². The minimum Gasteiger partial charge on any atom is -0.312 e. The second-order valence-electron chi connectivity index (χ2n) is 7.22. The molecule has 0 N–H and O–H groups in total. The standard InChI is InChI=1S/C19H30N2O/c1-15(2)13-20(14-16(3)4)11-10-19(22)21-12-9-17-7-5-6-8-18(17)21/h5-8,15-16H,9-14H2,1-4H3. The van der Waals surface area contributed by atoms with E-state index in [4.69, 9.17) is 0 Å². The summed E-state index contributed by atoms with van der Waals surface area (Å²) < 4.78 is 0. The van der Waals surface area contributed by atoms with Crippen LogP contribution in [0, 0.1) is 11.8 Å². The van der Waals surface area contributed by atoms with Crippen LogP contribution in [-0.2, 0) is 11.2 Å². The van der Waals surface area contributed by atoms with Crippen molar-refractivity contribution in [3.05, 3.63) is 29.8 Å². The van der Waals surface area contributed by atoms with Gasteiger partial charge in [-0.25, -0.2) is 0 Å². The molecule has 0 aromatic heterocycles. The van der Waals surface area contributed by atoms with Gasteiger partial charge in [-0.3, -0.25) is 4.79 Å². The fourth-order valence-electron chi connectivity index (χ4n) is 3.28. The Bertz CT molecular complexity index is 486. The summed E-state index contributed by atoms with van der Waals surface area (Å²) in [5.74, 6) is 1.55. The molecule has 1 aromatic carbocycles. The first-order valence-electron chi connectivity index (χ1n) is 8.58. The predicted molar refractivity (Wildman–Crippen MR) is 93.2 cm³/mol. The van der Waals surface area contributed by atoms with Crippen LogP contribution in [0.1, 0.15) is 39.7 Å². The fraction of sp³-hybridized carbons (Fsp3) is 0.632. The first-order valence-corrected chi connectivity index (χ1v) is 8.58. The van der Waals surface area contributed by atoms with Gasteiger partial charge in [0.2, 0.25) is 5.91 Å². The van der Waals surface area contributed by atoms with Crippen molar-refractivity contribution in [3.8, 4) is 0 Å². The van der Waals surface area contributed by atoms with Gasteiger partial charge in [-0.1, -0.05) is 45.9 Å². The SMILES string of the molecule is CC(C)CN(CCC(=O)N1CCc2ccccc21)CC(C)C. The number of rotatable bonds is 7. The van der Waals surface area contributed by atoms with Crippen molar-refractivity contribution in [1.82, 2.24) is 4.90 Å². The lowest BCUT2D eigenvalue weighted by molar-refractivity contribution is -0.118. The van der Waals surface area contributed by atoms with E-state index in [2.05, 4.69) is 50.8 Å². The van der Waals surface area contributed by atoms with Gasteiger partial charge in [-0.05, 0) is 29.9 Å². The number of hydrogen-bond acceptors (Lipinski definition) is 2. The van der Waals surface area contributed by atoms with Crippen molar-refractivity contribution in [2.45, 2.75) is 40.5 Å². The van der Waals surface area contributed by atoms with E-state index in [1.807, 2.05) is 11.0 Å². The van der Waals surface area contributed by atoms with E-state index in [1.54, 1.807) is 0 Å². The largest absolute Gasteiger partial charge is 0.312 e. The molecule has 1 aromatic rings. The minimum absolute atomic E-state index is 0.266. The third-order valence-electron chi connectivity index (χ3n) is 4.08. The van der Waals surface area contributed by atoms with Crippen LogP contribution in [0.2, 0.25) is 0 Å². The summed E-state index contributed by atoms with van der Waals surface area (Å²) in [7, 11) is 0. The molecular weight excluding hydrogens is 272 g/mol. The Balaban J connectivity index is 1.91. The maximum atomic E-state index is 12.6. The number of benzene rings is 1. The molecular formula is C19H30N2O. The molecule has 0 saturated heterocycles. The highest BCUT2D eigenvalue weighted by Gasteiger charge is 2.24. The molecule has 22 heavy (non-hydrogen) atoms. The zero-order chi connectivity index (χ0) is 16.1. The van der Waals surface area contributed by atoms with E-state index < -0.39 is 0 Å². The second-order valence-corrected chi connectivity index (χ2v) is 7.22. The van der Waals surface area contributed by atoms with Gasteiger partial charge < -0.3 is 9.80 Å². The normalized spacial score (nSPS) is 14.2. The van der Waals surface area contributed by atoms with Gasteiger partial charge in [-0.15, -0.1) is 0 Å². The average Bonchev–Trinajstić information content (AvgIpc) is 2.87. The molecule has 0 fully saturated rings. The van der Waals surface area contributed by atoms with E-state index in [1.165, 1.54) is 5.56 Å². The van der Waals surface area contributed by atoms with Crippen molar-refractivity contribution >= 4 is 11.6 Å². The Labute approximate surface area is 135 Å². The smallest absolute Gasteiger partial charge is 0.228 e. The van der Waals surface area contributed by atoms with Gasteiger partial charge in [0.25, 0.3) is 0 Å². The summed E-state index contributed by atoms with van der Waals surface area (Å²) in [6.07, 6.45) is 1.61. The fourth-order valence-corrected chi connectivity index (χ4v) is 3.28. The minimum atomic E-state index is 0.266. The lowest BCUT2D eigenvalue weighted by Gasteiger charge is -2.27. The maximum Gasteiger partial charge on any atom is 0.228 e. The first-order chi connectivity index (χ1) is 10.5. The summed E-state index contributed by atoms with van der Waals surface area (Å²) in [5.41, 5.74) is 2.42. The van der Waals surface area contributed by atoms with Gasteiger partial charge in [-0.2, -0.15) is 0 Å². The van der Waals surface area contributed by atoms with E-state index in [-0.39, 0.29) is 5.91 Å². The maximum absolute atomic E-state index is 12.6. The Morgan fingerprint density at radius 3 is 2.41 bits per heavy atom. The van der Waals surface area contributed by atoms with E-state index in [9.17, 15) is 4.79 Å². The highest BCUT2D eigenvalue weighted by Crippen LogP contribution is 2.27. The lowest BCUT2D eigenvalue weighted by atomic mass is 10.1. The molecule has 0 bridgehead atoms. The van der Waals surface area contributed by atoms with Gasteiger partial charge in [0.15, 0.2) is 0 Å². The molecule has 2 rings (SSSR count). The number of fused-ring (bicyclic) bond motifs is 1. The van der Waals surface area contributed by atoms with Crippen molar-refractivity contribution in [2.24, 2.45) is 11.8 Å². The topological polar surface area (TPSA) is 23.6 Å². The second kappa shape index (κ2) is 7.77. The van der Waals surface area contributed by atoms with Crippen LogP contribution in [0.25, 0.3) is 0 Å². The highest BCUT2D eigenvalue weighted by atomic mass is 16.2. The van der Waals surface area contributed by atoms with E-state index in [0.717, 1.165) is 38.3 Å². The summed E-state index contributed by atoms with van der Waals surface area (Å²) in [5, 5.41) is 0. The van der Waals surface area contributed by atoms with Crippen LogP contribution in [0.5, 0.6) is 0 Å². The van der Waals surface area contributed by atoms with E-state index >= 15 is 0 Å². The van der Waals surface area contributed by atoms with Crippen LogP contribution in [0.4, 0.5) is 5.69 Å². The Kier molecular flexibility index (Phi) is 6.01. The van der Waals surface area contributed by atoms with Crippen LogP contribution in [0.15, 0.2) is 24.3 Å². The molecule has 122 valence electrons. The van der Waals surface area contributed by atoms with Gasteiger partial charge in [0.05, 0.1) is 0 Å². The number of carbonyl (C=O) groups excluding carboxylic acids is 1. The number of nitrogens with zero attached hydrogens (tertiary/aromatic N) is 2. The molecule has 1 heterocycles. The average molecular weight is 302 g/mol. The number of amides is 1. The molecule has 0 spiro atoms. The Morgan fingerprint density at radius 1 is 1.14 bits per heavy atom. The quantitative estimate of drug-likeness (QED) is 0.768. The molecule has 0 saturated carbocycles. The number of para-hydroxylation sites is 1. The van der Waals surface area contributed by atoms with Crippen molar-refractivity contribution < 1.29 is 4.79 Å². The van der Waals surface area contributed by atoms with Crippen molar-refractivity contribution in [1.29, 1.82) is 0 Å². The predicted octanol–water partition coefficient (Wildman–Crippen LogP) is 3.58. The third-order valence-corrected chi connectivity index (χ3v) is 4.08. The monoisotopic (exact) mass is 302 g/mol. The molecule has 0 unspecified atom stereocenters. The molecule has 3 heteroatoms. The van der Waals surface area contributed by atoms with Crippen LogP contribution >= 0.6 is 0 Å². The van der Waals surface area contributed by atoms with Crippen molar-refractivity contribution in [2.75, 3.05) is 31.1 Å². The Morgan fingerprint density at radius 2 is 1.77 bits per heavy atom.